The Kier molecular flexibility index (Phi) is 2.07. The normalized spacial score (nSPS) is 13.4. The second kappa shape index (κ2) is 3.23. The van der Waals surface area contributed by atoms with Gasteiger partial charge in [0.25, 0.3) is 0 Å². The molecule has 2 N–H and O–H groups in total. The van der Waals surface area contributed by atoms with Gasteiger partial charge in [0.05, 0.1) is 0 Å². The molecule has 13 heavy (non-hydrogen) atoms. The van der Waals surface area contributed by atoms with Crippen molar-refractivity contribution in [1.82, 2.24) is 10.3 Å². The van der Waals surface area contributed by atoms with E-state index in [0.717, 1.165) is 0 Å². The summed E-state index contributed by atoms with van der Waals surface area (Å²) in [5.41, 5.74) is 2.54. The molecular weight excluding hydrogens is 160 g/mol. The minimum atomic E-state index is 0.399. The molecule has 1 aromatic heterocycles. The zero-order chi connectivity index (χ0) is 9.26. The van der Waals surface area contributed by atoms with Crippen molar-refractivity contribution in [3.8, 4) is 0 Å². The molecule has 2 heteroatoms. The van der Waals surface area contributed by atoms with Crippen molar-refractivity contribution in [2.45, 2.75) is 13.0 Å². The van der Waals surface area contributed by atoms with Gasteiger partial charge in [0.1, 0.15) is 0 Å². The zero-order valence-electron chi connectivity index (χ0n) is 7.96. The fraction of sp³-hybridized carbons (Fsp3) is 0.273. The van der Waals surface area contributed by atoms with Crippen LogP contribution >= 0.6 is 0 Å². The minimum Gasteiger partial charge on any atom is -0.361 e. The number of hydrogen-bond acceptors (Lipinski definition) is 1. The van der Waals surface area contributed by atoms with Crippen molar-refractivity contribution in [3.05, 3.63) is 36.0 Å². The number of hydrogen-bond donors (Lipinski definition) is 2. The number of aromatic amines is 1. The maximum absolute atomic E-state index is 3.26. The van der Waals surface area contributed by atoms with Crippen molar-refractivity contribution in [2.75, 3.05) is 7.05 Å². The van der Waals surface area contributed by atoms with E-state index < -0.39 is 0 Å². The summed E-state index contributed by atoms with van der Waals surface area (Å²) in [6, 6.07) is 8.77. The lowest BCUT2D eigenvalue weighted by Gasteiger charge is -2.07. The van der Waals surface area contributed by atoms with Crippen molar-refractivity contribution >= 4 is 10.9 Å². The molecule has 1 heterocycles. The van der Waals surface area contributed by atoms with Gasteiger partial charge < -0.3 is 10.3 Å². The third kappa shape index (κ3) is 1.33. The first-order valence-electron chi connectivity index (χ1n) is 4.56. The number of fused-ring (bicyclic) bond motifs is 1. The number of aromatic nitrogens is 1. The van der Waals surface area contributed by atoms with Crippen LogP contribution in [0, 0.1) is 0 Å². The van der Waals surface area contributed by atoms with Gasteiger partial charge in [0, 0.05) is 23.1 Å². The van der Waals surface area contributed by atoms with E-state index in [4.69, 9.17) is 0 Å². The molecule has 0 spiro atoms. The Morgan fingerprint density at radius 1 is 1.31 bits per heavy atom. The number of nitrogens with one attached hydrogen (secondary N) is 2. The van der Waals surface area contributed by atoms with Gasteiger partial charge in [-0.2, -0.15) is 0 Å². The van der Waals surface area contributed by atoms with Crippen molar-refractivity contribution in [3.63, 3.8) is 0 Å². The Labute approximate surface area is 78.0 Å². The highest BCUT2D eigenvalue weighted by Crippen LogP contribution is 2.22. The molecule has 0 amide bonds. The first-order chi connectivity index (χ1) is 6.33. The maximum Gasteiger partial charge on any atom is 0.0457 e. The first kappa shape index (κ1) is 8.32. The molecule has 2 rings (SSSR count). The Morgan fingerprint density at radius 3 is 2.85 bits per heavy atom. The molecule has 0 aliphatic rings. The molecule has 0 saturated heterocycles. The highest BCUT2D eigenvalue weighted by molar-refractivity contribution is 5.83. The third-order valence-electron chi connectivity index (χ3n) is 2.52. The van der Waals surface area contributed by atoms with E-state index in [9.17, 15) is 0 Å². The number of H-pyrrole nitrogens is 1. The molecule has 0 aliphatic carbocycles. The summed E-state index contributed by atoms with van der Waals surface area (Å²) in [5.74, 6) is 0. The summed E-state index contributed by atoms with van der Waals surface area (Å²) in [7, 11) is 1.98. The van der Waals surface area contributed by atoms with Crippen LogP contribution in [0.2, 0.25) is 0 Å². The van der Waals surface area contributed by atoms with E-state index in [1.807, 2.05) is 13.1 Å². The molecular formula is C11H14N2. The van der Waals surface area contributed by atoms with Crippen LogP contribution in [-0.2, 0) is 0 Å². The number of benzene rings is 1. The lowest BCUT2D eigenvalue weighted by Crippen LogP contribution is -2.11. The average molecular weight is 174 g/mol. The molecule has 1 unspecified atom stereocenters. The molecule has 1 atom stereocenters. The van der Waals surface area contributed by atoms with E-state index in [0.29, 0.717) is 6.04 Å². The van der Waals surface area contributed by atoms with Gasteiger partial charge in [-0.25, -0.2) is 0 Å². The fourth-order valence-corrected chi connectivity index (χ4v) is 1.61. The Bertz CT molecular complexity index is 403. The van der Waals surface area contributed by atoms with Crippen molar-refractivity contribution in [2.24, 2.45) is 0 Å². The second-order valence-corrected chi connectivity index (χ2v) is 3.30. The van der Waals surface area contributed by atoms with Crippen LogP contribution in [0.4, 0.5) is 0 Å². The lowest BCUT2D eigenvalue weighted by atomic mass is 10.1. The quantitative estimate of drug-likeness (QED) is 0.719. The van der Waals surface area contributed by atoms with E-state index in [-0.39, 0.29) is 0 Å². The molecule has 1 aromatic carbocycles. The summed E-state index contributed by atoms with van der Waals surface area (Å²) < 4.78 is 0. The number of rotatable bonds is 2. The second-order valence-electron chi connectivity index (χ2n) is 3.30. The summed E-state index contributed by atoms with van der Waals surface area (Å²) >= 11 is 0. The molecule has 0 aliphatic heterocycles. The van der Waals surface area contributed by atoms with Crippen LogP contribution in [0.15, 0.2) is 30.5 Å². The maximum atomic E-state index is 3.26. The molecule has 2 nitrogen and oxygen atoms in total. The standard InChI is InChI=1S/C11H14N2/c1-8(12-2)10-7-13-11-6-4-3-5-9(10)11/h3-8,12-13H,1-2H3. The highest BCUT2D eigenvalue weighted by atomic mass is 14.9. The predicted molar refractivity (Wildman–Crippen MR) is 55.8 cm³/mol. The largest absolute Gasteiger partial charge is 0.361 e. The van der Waals surface area contributed by atoms with Gasteiger partial charge in [-0.3, -0.25) is 0 Å². The lowest BCUT2D eigenvalue weighted by molar-refractivity contribution is 0.657. The van der Waals surface area contributed by atoms with Gasteiger partial charge in [-0.15, -0.1) is 0 Å². The van der Waals surface area contributed by atoms with E-state index in [1.54, 1.807) is 0 Å². The van der Waals surface area contributed by atoms with Crippen LogP contribution in [-0.4, -0.2) is 12.0 Å². The minimum absolute atomic E-state index is 0.399. The summed E-state index contributed by atoms with van der Waals surface area (Å²) in [6.07, 6.45) is 2.08. The van der Waals surface area contributed by atoms with E-state index >= 15 is 0 Å². The SMILES string of the molecule is CNC(C)c1c[nH]c2ccccc12. The van der Waals surface area contributed by atoms with Gasteiger partial charge in [-0.1, -0.05) is 18.2 Å². The average Bonchev–Trinajstić information content (AvgIpc) is 2.60. The smallest absolute Gasteiger partial charge is 0.0457 e. The molecule has 0 bridgehead atoms. The molecule has 0 fully saturated rings. The van der Waals surface area contributed by atoms with Crippen LogP contribution in [0.5, 0.6) is 0 Å². The monoisotopic (exact) mass is 174 g/mol. The Hall–Kier alpha value is -1.28. The van der Waals surface area contributed by atoms with Crippen LogP contribution in [0.3, 0.4) is 0 Å². The third-order valence-corrected chi connectivity index (χ3v) is 2.52. The summed E-state index contributed by atoms with van der Waals surface area (Å²) in [6.45, 7) is 2.16. The Balaban J connectivity index is 2.57. The fourth-order valence-electron chi connectivity index (χ4n) is 1.61. The molecule has 2 aromatic rings. The van der Waals surface area contributed by atoms with E-state index in [2.05, 4.69) is 41.6 Å². The highest BCUT2D eigenvalue weighted by Gasteiger charge is 2.07. The first-order valence-corrected chi connectivity index (χ1v) is 4.56. The predicted octanol–water partition coefficient (Wildman–Crippen LogP) is 2.45. The molecule has 68 valence electrons. The summed E-state index contributed by atoms with van der Waals surface area (Å²) in [4.78, 5) is 3.26. The zero-order valence-corrected chi connectivity index (χ0v) is 7.96. The van der Waals surface area contributed by atoms with Crippen molar-refractivity contribution in [1.29, 1.82) is 0 Å². The topological polar surface area (TPSA) is 27.8 Å². The van der Waals surface area contributed by atoms with Gasteiger partial charge in [0.2, 0.25) is 0 Å². The molecule has 0 saturated carbocycles. The van der Waals surface area contributed by atoms with Crippen molar-refractivity contribution < 1.29 is 0 Å². The van der Waals surface area contributed by atoms with E-state index in [1.165, 1.54) is 16.5 Å². The van der Waals surface area contributed by atoms with Crippen LogP contribution in [0.25, 0.3) is 10.9 Å². The van der Waals surface area contributed by atoms with Crippen LogP contribution in [0.1, 0.15) is 18.5 Å². The summed E-state index contributed by atoms with van der Waals surface area (Å²) in [5, 5.41) is 4.55. The molecule has 0 radical (unpaired) electrons. The van der Waals surface area contributed by atoms with Gasteiger partial charge in [-0.05, 0) is 25.6 Å². The van der Waals surface area contributed by atoms with Gasteiger partial charge >= 0.3 is 0 Å². The van der Waals surface area contributed by atoms with Gasteiger partial charge in [0.15, 0.2) is 0 Å². The number of para-hydroxylation sites is 1. The Morgan fingerprint density at radius 2 is 2.08 bits per heavy atom. The van der Waals surface area contributed by atoms with Crippen LogP contribution < -0.4 is 5.32 Å².